The number of anilines is 1. The summed E-state index contributed by atoms with van der Waals surface area (Å²) in [5, 5.41) is 8.56. The SMILES string of the molecule is Cc1ccc(-n2cnnc2SCC(=O)c2c(N)n(C3CC3)c(=O)[nH]c2=O)c(C)c1. The molecule has 150 valence electrons. The number of rotatable bonds is 6. The summed E-state index contributed by atoms with van der Waals surface area (Å²) >= 11 is 1.16. The molecule has 29 heavy (non-hydrogen) atoms. The molecule has 1 aromatic carbocycles. The summed E-state index contributed by atoms with van der Waals surface area (Å²) in [6.45, 7) is 4.00. The van der Waals surface area contributed by atoms with Crippen LogP contribution in [0.3, 0.4) is 0 Å². The number of carbonyl (C=O) groups excluding carboxylic acids is 1. The fourth-order valence-electron chi connectivity index (χ4n) is 3.30. The van der Waals surface area contributed by atoms with Crippen molar-refractivity contribution in [1.82, 2.24) is 24.3 Å². The Kier molecular flexibility index (Phi) is 4.87. The van der Waals surface area contributed by atoms with Crippen LogP contribution in [-0.4, -0.2) is 35.9 Å². The van der Waals surface area contributed by atoms with E-state index in [2.05, 4.69) is 21.2 Å². The molecule has 3 aromatic rings. The third kappa shape index (κ3) is 3.63. The Morgan fingerprint density at radius 2 is 2.07 bits per heavy atom. The molecule has 3 N–H and O–H groups in total. The third-order valence-electron chi connectivity index (χ3n) is 4.83. The standard InChI is InChI=1S/C19H20N6O3S/c1-10-3-6-13(11(2)7-10)24-9-21-23-19(24)29-8-14(26)15-16(20)25(12-4-5-12)18(28)22-17(15)27/h3,6-7,9,12H,4-5,8,20H2,1-2H3,(H,22,27,28). The number of carbonyl (C=O) groups is 1. The number of nitrogen functional groups attached to an aromatic ring is 1. The summed E-state index contributed by atoms with van der Waals surface area (Å²) < 4.78 is 3.10. The molecule has 2 heterocycles. The lowest BCUT2D eigenvalue weighted by Gasteiger charge is -2.12. The molecular formula is C19H20N6O3S. The number of ketones is 1. The van der Waals surface area contributed by atoms with Gasteiger partial charge in [0, 0.05) is 6.04 Å². The Bertz CT molecular complexity index is 1220. The third-order valence-corrected chi connectivity index (χ3v) is 5.78. The molecule has 0 atom stereocenters. The van der Waals surface area contributed by atoms with Gasteiger partial charge in [-0.3, -0.25) is 23.7 Å². The summed E-state index contributed by atoms with van der Waals surface area (Å²) in [6.07, 6.45) is 3.19. The molecule has 9 nitrogen and oxygen atoms in total. The number of Topliss-reactive ketones (excluding diaryl/α,β-unsaturated/α-hetero) is 1. The zero-order valence-electron chi connectivity index (χ0n) is 16.0. The second kappa shape index (κ2) is 7.36. The summed E-state index contributed by atoms with van der Waals surface area (Å²) in [7, 11) is 0. The number of nitrogens with two attached hydrogens (primary N) is 1. The summed E-state index contributed by atoms with van der Waals surface area (Å²) in [5.74, 6) is -0.583. The lowest BCUT2D eigenvalue weighted by Crippen LogP contribution is -2.36. The van der Waals surface area contributed by atoms with Crippen molar-refractivity contribution < 1.29 is 4.79 Å². The molecule has 0 bridgehead atoms. The number of H-pyrrole nitrogens is 1. The van der Waals surface area contributed by atoms with E-state index in [0.29, 0.717) is 5.16 Å². The van der Waals surface area contributed by atoms with E-state index in [4.69, 9.17) is 5.73 Å². The number of aryl methyl sites for hydroxylation is 2. The van der Waals surface area contributed by atoms with Gasteiger partial charge in [0.15, 0.2) is 10.9 Å². The predicted octanol–water partition coefficient (Wildman–Crippen LogP) is 1.63. The van der Waals surface area contributed by atoms with E-state index < -0.39 is 17.0 Å². The molecule has 1 aliphatic rings. The highest BCUT2D eigenvalue weighted by molar-refractivity contribution is 7.99. The maximum absolute atomic E-state index is 12.8. The predicted molar refractivity (Wildman–Crippen MR) is 110 cm³/mol. The van der Waals surface area contributed by atoms with E-state index in [1.54, 1.807) is 10.9 Å². The van der Waals surface area contributed by atoms with Crippen LogP contribution in [0, 0.1) is 13.8 Å². The van der Waals surface area contributed by atoms with Crippen LogP contribution < -0.4 is 17.0 Å². The number of nitrogens with one attached hydrogen (secondary N) is 1. The monoisotopic (exact) mass is 412 g/mol. The van der Waals surface area contributed by atoms with Crippen LogP contribution in [-0.2, 0) is 0 Å². The van der Waals surface area contributed by atoms with E-state index in [1.807, 2.05) is 26.0 Å². The van der Waals surface area contributed by atoms with Crippen LogP contribution >= 0.6 is 11.8 Å². The lowest BCUT2D eigenvalue weighted by molar-refractivity contribution is 0.102. The molecule has 0 radical (unpaired) electrons. The molecule has 0 saturated heterocycles. The highest BCUT2D eigenvalue weighted by Crippen LogP contribution is 2.35. The van der Waals surface area contributed by atoms with Gasteiger partial charge in [0.1, 0.15) is 17.7 Å². The number of aromatic nitrogens is 5. The highest BCUT2D eigenvalue weighted by atomic mass is 32.2. The van der Waals surface area contributed by atoms with Crippen molar-refractivity contribution in [2.75, 3.05) is 11.5 Å². The fraction of sp³-hybridized carbons (Fsp3) is 0.316. The van der Waals surface area contributed by atoms with Gasteiger partial charge in [-0.05, 0) is 38.3 Å². The Morgan fingerprint density at radius 1 is 1.31 bits per heavy atom. The molecule has 1 aliphatic carbocycles. The highest BCUT2D eigenvalue weighted by Gasteiger charge is 2.30. The molecular weight excluding hydrogens is 392 g/mol. The fourth-order valence-corrected chi connectivity index (χ4v) is 4.09. The molecule has 0 unspecified atom stereocenters. The Balaban J connectivity index is 1.59. The Hall–Kier alpha value is -3.14. The maximum Gasteiger partial charge on any atom is 0.330 e. The van der Waals surface area contributed by atoms with Gasteiger partial charge in [0.25, 0.3) is 5.56 Å². The van der Waals surface area contributed by atoms with Gasteiger partial charge in [-0.15, -0.1) is 10.2 Å². The van der Waals surface area contributed by atoms with Crippen LogP contribution in [0.2, 0.25) is 0 Å². The van der Waals surface area contributed by atoms with Crippen molar-refractivity contribution in [3.8, 4) is 5.69 Å². The van der Waals surface area contributed by atoms with Gasteiger partial charge in [0.2, 0.25) is 0 Å². The van der Waals surface area contributed by atoms with Crippen molar-refractivity contribution in [3.05, 3.63) is 62.1 Å². The number of benzene rings is 1. The van der Waals surface area contributed by atoms with Crippen molar-refractivity contribution in [3.63, 3.8) is 0 Å². The lowest BCUT2D eigenvalue weighted by atomic mass is 10.1. The molecule has 10 heteroatoms. The molecule has 2 aromatic heterocycles. The minimum Gasteiger partial charge on any atom is -0.384 e. The Labute approximate surface area is 170 Å². The summed E-state index contributed by atoms with van der Waals surface area (Å²) in [6, 6.07) is 5.96. The zero-order chi connectivity index (χ0) is 20.7. The second-order valence-corrected chi connectivity index (χ2v) is 8.05. The van der Waals surface area contributed by atoms with Gasteiger partial charge in [-0.2, -0.15) is 0 Å². The normalized spacial score (nSPS) is 13.6. The largest absolute Gasteiger partial charge is 0.384 e. The van der Waals surface area contributed by atoms with E-state index in [1.165, 1.54) is 4.57 Å². The zero-order valence-corrected chi connectivity index (χ0v) is 16.8. The van der Waals surface area contributed by atoms with Crippen LogP contribution in [0.1, 0.15) is 40.4 Å². The van der Waals surface area contributed by atoms with E-state index >= 15 is 0 Å². The first-order chi connectivity index (χ1) is 13.9. The maximum atomic E-state index is 12.8. The van der Waals surface area contributed by atoms with Crippen LogP contribution in [0.15, 0.2) is 39.3 Å². The molecule has 0 amide bonds. The quantitative estimate of drug-likeness (QED) is 0.465. The van der Waals surface area contributed by atoms with E-state index in [-0.39, 0.29) is 23.2 Å². The summed E-state index contributed by atoms with van der Waals surface area (Å²) in [5.41, 5.74) is 7.60. The molecule has 4 rings (SSSR count). The van der Waals surface area contributed by atoms with E-state index in [9.17, 15) is 14.4 Å². The average molecular weight is 412 g/mol. The smallest absolute Gasteiger partial charge is 0.330 e. The topological polar surface area (TPSA) is 129 Å². The second-order valence-electron chi connectivity index (χ2n) is 7.11. The van der Waals surface area contributed by atoms with Crippen LogP contribution in [0.4, 0.5) is 5.82 Å². The van der Waals surface area contributed by atoms with Crippen molar-refractivity contribution >= 4 is 23.4 Å². The molecule has 0 aliphatic heterocycles. The molecule has 0 spiro atoms. The van der Waals surface area contributed by atoms with Gasteiger partial charge < -0.3 is 5.73 Å². The molecule has 1 saturated carbocycles. The summed E-state index contributed by atoms with van der Waals surface area (Å²) in [4.78, 5) is 39.2. The average Bonchev–Trinajstić information content (AvgIpc) is 3.36. The van der Waals surface area contributed by atoms with Gasteiger partial charge in [0.05, 0.1) is 11.4 Å². The van der Waals surface area contributed by atoms with Gasteiger partial charge in [-0.25, -0.2) is 4.79 Å². The minimum atomic E-state index is -0.758. The number of hydrogen-bond acceptors (Lipinski definition) is 7. The molecule has 1 fully saturated rings. The number of aromatic amines is 1. The number of hydrogen-bond donors (Lipinski definition) is 2. The van der Waals surface area contributed by atoms with Crippen LogP contribution in [0.5, 0.6) is 0 Å². The van der Waals surface area contributed by atoms with Gasteiger partial charge in [-0.1, -0.05) is 29.5 Å². The van der Waals surface area contributed by atoms with Crippen molar-refractivity contribution in [2.24, 2.45) is 0 Å². The first-order valence-electron chi connectivity index (χ1n) is 9.14. The first kappa shape index (κ1) is 19.2. The Morgan fingerprint density at radius 3 is 2.76 bits per heavy atom. The van der Waals surface area contributed by atoms with Crippen molar-refractivity contribution in [1.29, 1.82) is 0 Å². The van der Waals surface area contributed by atoms with Gasteiger partial charge >= 0.3 is 5.69 Å². The van der Waals surface area contributed by atoms with Crippen molar-refractivity contribution in [2.45, 2.75) is 37.9 Å². The first-order valence-corrected chi connectivity index (χ1v) is 10.1. The minimum absolute atomic E-state index is 0.0498. The number of nitrogens with zero attached hydrogens (tertiary/aromatic N) is 4. The van der Waals surface area contributed by atoms with Crippen LogP contribution in [0.25, 0.3) is 5.69 Å². The number of thioether (sulfide) groups is 1. The van der Waals surface area contributed by atoms with E-state index in [0.717, 1.165) is 41.4 Å².